The molecule has 0 N–H and O–H groups in total. The molecule has 0 saturated heterocycles. The summed E-state index contributed by atoms with van der Waals surface area (Å²) in [4.78, 5) is 11.3. The van der Waals surface area contributed by atoms with Gasteiger partial charge in [0.25, 0.3) is 0 Å². The molecule has 0 aliphatic heterocycles. The van der Waals surface area contributed by atoms with Crippen molar-refractivity contribution >= 4 is 5.78 Å². The molecule has 1 nitrogen and oxygen atoms in total. The predicted molar refractivity (Wildman–Crippen MR) is 49.0 cm³/mol. The van der Waals surface area contributed by atoms with Crippen molar-refractivity contribution in [1.82, 2.24) is 0 Å². The van der Waals surface area contributed by atoms with Crippen LogP contribution in [0.3, 0.4) is 0 Å². The zero-order valence-corrected chi connectivity index (χ0v) is 8.66. The van der Waals surface area contributed by atoms with Gasteiger partial charge in [-0.15, -0.1) is 0 Å². The Labute approximate surface area is 82.7 Å². The van der Waals surface area contributed by atoms with Gasteiger partial charge < -0.3 is 0 Å². The van der Waals surface area contributed by atoms with E-state index in [2.05, 4.69) is 0 Å². The van der Waals surface area contributed by atoms with Crippen molar-refractivity contribution in [3.63, 3.8) is 0 Å². The van der Waals surface area contributed by atoms with Crippen LogP contribution in [0.2, 0.25) is 0 Å². The Morgan fingerprint density at radius 2 is 1.93 bits per heavy atom. The summed E-state index contributed by atoms with van der Waals surface area (Å²) in [5.41, 5.74) is 0. The van der Waals surface area contributed by atoms with Crippen LogP contribution >= 0.6 is 0 Å². The number of ketones is 1. The van der Waals surface area contributed by atoms with Gasteiger partial charge >= 0.3 is 6.18 Å². The van der Waals surface area contributed by atoms with E-state index in [1.54, 1.807) is 6.92 Å². The second-order valence-corrected chi connectivity index (χ2v) is 3.62. The topological polar surface area (TPSA) is 17.1 Å². The second kappa shape index (κ2) is 6.04. The predicted octanol–water partition coefficient (Wildman–Crippen LogP) is 3.72. The fourth-order valence-corrected chi connectivity index (χ4v) is 1.30. The van der Waals surface area contributed by atoms with Gasteiger partial charge in [0.15, 0.2) is 0 Å². The van der Waals surface area contributed by atoms with Crippen molar-refractivity contribution in [3.05, 3.63) is 0 Å². The summed E-state index contributed by atoms with van der Waals surface area (Å²) >= 11 is 0. The van der Waals surface area contributed by atoms with E-state index in [1.165, 1.54) is 0 Å². The third-order valence-electron chi connectivity index (χ3n) is 2.15. The standard InChI is InChI=1S/C10H17F3O/c1-3-5-8(2)9(14)6-4-7-10(11,12)13/h8H,3-7H2,1-2H3. The molecule has 0 aromatic rings. The summed E-state index contributed by atoms with van der Waals surface area (Å²) in [5.74, 6) is -0.135. The van der Waals surface area contributed by atoms with E-state index >= 15 is 0 Å². The highest BCUT2D eigenvalue weighted by atomic mass is 19.4. The Morgan fingerprint density at radius 1 is 1.36 bits per heavy atom. The van der Waals surface area contributed by atoms with Gasteiger partial charge in [0.05, 0.1) is 0 Å². The molecule has 0 bridgehead atoms. The largest absolute Gasteiger partial charge is 0.389 e. The molecule has 0 saturated carbocycles. The molecule has 0 radical (unpaired) electrons. The lowest BCUT2D eigenvalue weighted by Gasteiger charge is -2.09. The lowest BCUT2D eigenvalue weighted by molar-refractivity contribution is -0.137. The first kappa shape index (κ1) is 13.5. The number of halogens is 3. The van der Waals surface area contributed by atoms with E-state index < -0.39 is 12.6 Å². The van der Waals surface area contributed by atoms with Crippen LogP contribution < -0.4 is 0 Å². The number of hydrogen-bond acceptors (Lipinski definition) is 1. The van der Waals surface area contributed by atoms with Gasteiger partial charge in [0, 0.05) is 18.8 Å². The third-order valence-corrected chi connectivity index (χ3v) is 2.15. The smallest absolute Gasteiger partial charge is 0.299 e. The Bertz CT molecular complexity index is 175. The number of alkyl halides is 3. The number of carbonyl (C=O) groups is 1. The molecule has 4 heteroatoms. The highest BCUT2D eigenvalue weighted by molar-refractivity contribution is 5.80. The van der Waals surface area contributed by atoms with Crippen LogP contribution in [0, 0.1) is 5.92 Å². The van der Waals surface area contributed by atoms with Crippen molar-refractivity contribution in [2.75, 3.05) is 0 Å². The maximum atomic E-state index is 11.7. The van der Waals surface area contributed by atoms with Crippen LogP contribution in [-0.4, -0.2) is 12.0 Å². The fraction of sp³-hybridized carbons (Fsp3) is 0.900. The monoisotopic (exact) mass is 210 g/mol. The molecule has 0 aliphatic rings. The van der Waals surface area contributed by atoms with Crippen LogP contribution in [-0.2, 0) is 4.79 Å². The molecule has 0 amide bonds. The average Bonchev–Trinajstić information content (AvgIpc) is 2.02. The minimum absolute atomic E-state index is 0.0453. The van der Waals surface area contributed by atoms with E-state index in [0.29, 0.717) is 0 Å². The van der Waals surface area contributed by atoms with Gasteiger partial charge in [-0.2, -0.15) is 13.2 Å². The summed E-state index contributed by atoms with van der Waals surface area (Å²) in [6, 6.07) is 0. The summed E-state index contributed by atoms with van der Waals surface area (Å²) in [6.07, 6.45) is -3.33. The Kier molecular flexibility index (Phi) is 5.81. The van der Waals surface area contributed by atoms with Gasteiger partial charge in [0.1, 0.15) is 5.78 Å². The van der Waals surface area contributed by atoms with Gasteiger partial charge in [-0.3, -0.25) is 4.79 Å². The molecule has 0 rings (SSSR count). The Hall–Kier alpha value is -0.540. The van der Waals surface area contributed by atoms with Crippen LogP contribution in [0.4, 0.5) is 13.2 Å². The lowest BCUT2D eigenvalue weighted by Crippen LogP contribution is -2.13. The van der Waals surface area contributed by atoms with E-state index in [1.807, 2.05) is 6.92 Å². The SMILES string of the molecule is CCCC(C)C(=O)CCCC(F)(F)F. The number of carbonyl (C=O) groups excluding carboxylic acids is 1. The molecule has 0 spiro atoms. The second-order valence-electron chi connectivity index (χ2n) is 3.62. The molecule has 14 heavy (non-hydrogen) atoms. The Balaban J connectivity index is 3.64. The molecule has 0 aromatic carbocycles. The van der Waals surface area contributed by atoms with Crippen LogP contribution in [0.15, 0.2) is 0 Å². The quantitative estimate of drug-likeness (QED) is 0.653. The number of hydrogen-bond donors (Lipinski definition) is 0. The molecular formula is C10H17F3O. The third kappa shape index (κ3) is 6.92. The van der Waals surface area contributed by atoms with Gasteiger partial charge in [-0.25, -0.2) is 0 Å². The molecule has 0 fully saturated rings. The van der Waals surface area contributed by atoms with Crippen molar-refractivity contribution in [2.45, 2.75) is 52.1 Å². The van der Waals surface area contributed by atoms with E-state index in [9.17, 15) is 18.0 Å². The van der Waals surface area contributed by atoms with Crippen LogP contribution in [0.1, 0.15) is 46.0 Å². The maximum absolute atomic E-state index is 11.7. The van der Waals surface area contributed by atoms with Crippen molar-refractivity contribution < 1.29 is 18.0 Å². The summed E-state index contributed by atoms with van der Waals surface area (Å²) in [5, 5.41) is 0. The molecule has 1 atom stereocenters. The lowest BCUT2D eigenvalue weighted by atomic mass is 9.97. The molecule has 1 unspecified atom stereocenters. The zero-order chi connectivity index (χ0) is 11.2. The van der Waals surface area contributed by atoms with Gasteiger partial charge in [0.2, 0.25) is 0 Å². The molecular weight excluding hydrogens is 193 g/mol. The zero-order valence-electron chi connectivity index (χ0n) is 8.66. The highest BCUT2D eigenvalue weighted by Crippen LogP contribution is 2.23. The first-order valence-electron chi connectivity index (χ1n) is 4.96. The fourth-order valence-electron chi connectivity index (χ4n) is 1.30. The highest BCUT2D eigenvalue weighted by Gasteiger charge is 2.26. The van der Waals surface area contributed by atoms with E-state index in [4.69, 9.17) is 0 Å². The van der Waals surface area contributed by atoms with Gasteiger partial charge in [-0.1, -0.05) is 20.3 Å². The minimum atomic E-state index is -4.13. The maximum Gasteiger partial charge on any atom is 0.389 e. The first-order valence-corrected chi connectivity index (χ1v) is 4.96. The molecule has 84 valence electrons. The van der Waals surface area contributed by atoms with Crippen molar-refractivity contribution in [3.8, 4) is 0 Å². The summed E-state index contributed by atoms with van der Waals surface area (Å²) in [7, 11) is 0. The molecule has 0 aliphatic carbocycles. The van der Waals surface area contributed by atoms with Crippen molar-refractivity contribution in [2.24, 2.45) is 5.92 Å². The Morgan fingerprint density at radius 3 is 2.36 bits per heavy atom. The van der Waals surface area contributed by atoms with E-state index in [-0.39, 0.29) is 24.5 Å². The van der Waals surface area contributed by atoms with Gasteiger partial charge in [-0.05, 0) is 12.8 Å². The minimum Gasteiger partial charge on any atom is -0.299 e. The molecule has 0 aromatic heterocycles. The summed E-state index contributed by atoms with van der Waals surface area (Å²) < 4.78 is 35.2. The first-order chi connectivity index (χ1) is 6.37. The average molecular weight is 210 g/mol. The molecule has 0 heterocycles. The normalized spacial score (nSPS) is 14.1. The number of Topliss-reactive ketones (excluding diaryl/α,β-unsaturated/α-hetero) is 1. The van der Waals surface area contributed by atoms with E-state index in [0.717, 1.165) is 12.8 Å². The number of rotatable bonds is 6. The van der Waals surface area contributed by atoms with Crippen LogP contribution in [0.25, 0.3) is 0 Å². The summed E-state index contributed by atoms with van der Waals surface area (Å²) in [6.45, 7) is 3.74. The van der Waals surface area contributed by atoms with Crippen LogP contribution in [0.5, 0.6) is 0 Å². The van der Waals surface area contributed by atoms with Crippen molar-refractivity contribution in [1.29, 1.82) is 0 Å².